The molecule has 0 amide bonds. The molecular weight excluding hydrogens is 354 g/mol. The summed E-state index contributed by atoms with van der Waals surface area (Å²) in [7, 11) is 0. The molecule has 2 nitrogen and oxygen atoms in total. The van der Waals surface area contributed by atoms with E-state index in [2.05, 4.69) is 15.9 Å². The molecule has 0 aliphatic carbocycles. The third kappa shape index (κ3) is 2.61. The SMILES string of the molecule is S=c1oc2ccc(Br)cc2c(=S)n1Cc1ccccc1. The lowest BCUT2D eigenvalue weighted by Gasteiger charge is -2.09. The van der Waals surface area contributed by atoms with Crippen LogP contribution in [0.1, 0.15) is 5.56 Å². The largest absolute Gasteiger partial charge is 0.431 e. The van der Waals surface area contributed by atoms with Gasteiger partial charge in [-0.25, -0.2) is 0 Å². The fourth-order valence-electron chi connectivity index (χ4n) is 2.04. The van der Waals surface area contributed by atoms with Crippen LogP contribution >= 0.6 is 40.4 Å². The van der Waals surface area contributed by atoms with Crippen LogP contribution in [0.4, 0.5) is 0 Å². The number of nitrogens with zero attached hydrogens (tertiary/aromatic N) is 1. The van der Waals surface area contributed by atoms with Gasteiger partial charge >= 0.3 is 0 Å². The molecule has 0 aliphatic rings. The summed E-state index contributed by atoms with van der Waals surface area (Å²) in [5.41, 5.74) is 1.85. The van der Waals surface area contributed by atoms with Gasteiger partial charge in [0, 0.05) is 4.47 Å². The summed E-state index contributed by atoms with van der Waals surface area (Å²) < 4.78 is 9.20. The second-order valence-electron chi connectivity index (χ2n) is 4.39. The van der Waals surface area contributed by atoms with Crippen molar-refractivity contribution in [2.75, 3.05) is 0 Å². The van der Waals surface area contributed by atoms with Crippen molar-refractivity contribution in [2.45, 2.75) is 6.54 Å². The molecule has 0 fully saturated rings. The van der Waals surface area contributed by atoms with Crippen LogP contribution in [0, 0.1) is 9.48 Å². The maximum absolute atomic E-state index is 5.69. The Labute approximate surface area is 134 Å². The average Bonchev–Trinajstić information content (AvgIpc) is 2.46. The zero-order valence-corrected chi connectivity index (χ0v) is 13.6. The van der Waals surface area contributed by atoms with Gasteiger partial charge in [0.1, 0.15) is 10.2 Å². The molecule has 0 N–H and O–H groups in total. The Morgan fingerprint density at radius 2 is 1.80 bits per heavy atom. The maximum atomic E-state index is 5.69. The van der Waals surface area contributed by atoms with Crippen molar-refractivity contribution in [2.24, 2.45) is 0 Å². The maximum Gasteiger partial charge on any atom is 0.270 e. The van der Waals surface area contributed by atoms with Crippen LogP contribution in [0.5, 0.6) is 0 Å². The van der Waals surface area contributed by atoms with E-state index >= 15 is 0 Å². The van der Waals surface area contributed by atoms with Crippen LogP contribution in [0.25, 0.3) is 11.0 Å². The third-order valence-electron chi connectivity index (χ3n) is 3.02. The van der Waals surface area contributed by atoms with E-state index in [4.69, 9.17) is 28.9 Å². The molecule has 0 radical (unpaired) electrons. The molecular formula is C15H10BrNOS2. The molecule has 0 spiro atoms. The van der Waals surface area contributed by atoms with Crippen LogP contribution in [-0.2, 0) is 6.54 Å². The van der Waals surface area contributed by atoms with E-state index in [1.165, 1.54) is 0 Å². The van der Waals surface area contributed by atoms with Crippen LogP contribution < -0.4 is 0 Å². The van der Waals surface area contributed by atoms with Crippen molar-refractivity contribution < 1.29 is 4.42 Å². The molecule has 1 aromatic heterocycles. The predicted octanol–water partition coefficient (Wildman–Crippen LogP) is 5.50. The molecule has 5 heteroatoms. The molecule has 3 rings (SSSR count). The van der Waals surface area contributed by atoms with Crippen LogP contribution in [0.2, 0.25) is 0 Å². The lowest BCUT2D eigenvalue weighted by Crippen LogP contribution is -2.03. The van der Waals surface area contributed by atoms with Crippen molar-refractivity contribution in [3.8, 4) is 0 Å². The summed E-state index contributed by atoms with van der Waals surface area (Å²) in [4.78, 5) is 0.397. The first-order chi connectivity index (χ1) is 9.65. The minimum atomic E-state index is 0.397. The standard InChI is InChI=1S/C15H10BrNOS2/c16-11-6-7-13-12(8-11)14(19)17(15(20)18-13)9-10-4-2-1-3-5-10/h1-8H,9H2. The molecule has 3 aromatic rings. The highest BCUT2D eigenvalue weighted by atomic mass is 79.9. The molecule has 2 aromatic carbocycles. The van der Waals surface area contributed by atoms with Gasteiger partial charge in [-0.15, -0.1) is 0 Å². The van der Waals surface area contributed by atoms with Crippen molar-refractivity contribution in [3.05, 3.63) is 68.0 Å². The lowest BCUT2D eigenvalue weighted by atomic mass is 10.2. The molecule has 1 heterocycles. The van der Waals surface area contributed by atoms with Crippen molar-refractivity contribution >= 4 is 51.3 Å². The minimum absolute atomic E-state index is 0.397. The Bertz CT molecular complexity index is 884. The molecule has 0 saturated heterocycles. The molecule has 0 aliphatic heterocycles. The van der Waals surface area contributed by atoms with Gasteiger partial charge in [-0.2, -0.15) is 0 Å². The van der Waals surface area contributed by atoms with E-state index in [1.54, 1.807) is 0 Å². The van der Waals surface area contributed by atoms with Crippen molar-refractivity contribution in [1.82, 2.24) is 4.57 Å². The molecule has 0 atom stereocenters. The summed E-state index contributed by atoms with van der Waals surface area (Å²) in [6, 6.07) is 15.8. The zero-order chi connectivity index (χ0) is 14.1. The van der Waals surface area contributed by atoms with E-state index in [0.717, 1.165) is 15.4 Å². The summed E-state index contributed by atoms with van der Waals surface area (Å²) in [6.45, 7) is 0.616. The Morgan fingerprint density at radius 3 is 2.55 bits per heavy atom. The van der Waals surface area contributed by atoms with Crippen LogP contribution in [-0.4, -0.2) is 4.57 Å². The minimum Gasteiger partial charge on any atom is -0.431 e. The molecule has 0 unspecified atom stereocenters. The van der Waals surface area contributed by atoms with Gasteiger partial charge in [0.2, 0.25) is 0 Å². The van der Waals surface area contributed by atoms with Gasteiger partial charge in [0.05, 0.1) is 11.9 Å². The first kappa shape index (κ1) is 13.7. The number of benzene rings is 2. The Hall–Kier alpha value is -1.30. The topological polar surface area (TPSA) is 18.1 Å². The van der Waals surface area contributed by atoms with Crippen molar-refractivity contribution in [3.63, 3.8) is 0 Å². The van der Waals surface area contributed by atoms with Crippen molar-refractivity contribution in [1.29, 1.82) is 0 Å². The Balaban J connectivity index is 2.21. The number of aromatic nitrogens is 1. The molecule has 20 heavy (non-hydrogen) atoms. The van der Waals surface area contributed by atoms with E-state index in [0.29, 0.717) is 21.6 Å². The van der Waals surface area contributed by atoms with Gasteiger partial charge in [-0.3, -0.25) is 4.57 Å². The zero-order valence-electron chi connectivity index (χ0n) is 10.4. The summed E-state index contributed by atoms with van der Waals surface area (Å²) in [5.74, 6) is 0. The van der Waals surface area contributed by atoms with E-state index in [9.17, 15) is 0 Å². The third-order valence-corrected chi connectivity index (χ3v) is 4.26. The van der Waals surface area contributed by atoms with Gasteiger partial charge in [-0.1, -0.05) is 58.5 Å². The highest BCUT2D eigenvalue weighted by molar-refractivity contribution is 9.10. The van der Waals surface area contributed by atoms with Crippen LogP contribution in [0.15, 0.2) is 57.4 Å². The normalized spacial score (nSPS) is 10.8. The Kier molecular flexibility index (Phi) is 3.83. The predicted molar refractivity (Wildman–Crippen MR) is 89.1 cm³/mol. The highest BCUT2D eigenvalue weighted by Crippen LogP contribution is 2.22. The first-order valence-electron chi connectivity index (χ1n) is 6.02. The molecule has 0 saturated carbocycles. The smallest absolute Gasteiger partial charge is 0.270 e. The van der Waals surface area contributed by atoms with Gasteiger partial charge < -0.3 is 4.42 Å². The monoisotopic (exact) mass is 363 g/mol. The number of hydrogen-bond donors (Lipinski definition) is 0. The van der Waals surface area contributed by atoms with Gasteiger partial charge in [-0.05, 0) is 36.0 Å². The van der Waals surface area contributed by atoms with E-state index < -0.39 is 0 Å². The summed E-state index contributed by atoms with van der Waals surface area (Å²) in [6.07, 6.45) is 0. The summed E-state index contributed by atoms with van der Waals surface area (Å²) in [5, 5.41) is 0.888. The fourth-order valence-corrected chi connectivity index (χ4v) is 3.01. The number of hydrogen-bond acceptors (Lipinski definition) is 3. The van der Waals surface area contributed by atoms with Gasteiger partial charge in [0.15, 0.2) is 0 Å². The quantitative estimate of drug-likeness (QED) is 0.559. The van der Waals surface area contributed by atoms with Crippen LogP contribution in [0.3, 0.4) is 0 Å². The number of rotatable bonds is 2. The lowest BCUT2D eigenvalue weighted by molar-refractivity contribution is 0.505. The Morgan fingerprint density at radius 1 is 1.05 bits per heavy atom. The number of halogens is 1. The second-order valence-corrected chi connectivity index (χ2v) is 6.04. The summed E-state index contributed by atoms with van der Waals surface area (Å²) >= 11 is 14.3. The van der Waals surface area contributed by atoms with Gasteiger partial charge in [0.25, 0.3) is 4.84 Å². The first-order valence-corrected chi connectivity index (χ1v) is 7.63. The van der Waals surface area contributed by atoms with E-state index in [-0.39, 0.29) is 0 Å². The number of fused-ring (bicyclic) bond motifs is 1. The fraction of sp³-hybridized carbons (Fsp3) is 0.0667. The molecule has 100 valence electrons. The molecule has 0 bridgehead atoms. The average molecular weight is 364 g/mol. The van der Waals surface area contributed by atoms with E-state index in [1.807, 2.05) is 53.1 Å². The highest BCUT2D eigenvalue weighted by Gasteiger charge is 2.06. The second kappa shape index (κ2) is 5.60.